The van der Waals surface area contributed by atoms with Crippen LogP contribution in [0.5, 0.6) is 0 Å². The minimum Gasteiger partial charge on any atom is -0.378 e. The summed E-state index contributed by atoms with van der Waals surface area (Å²) in [7, 11) is -3.04. The molecule has 2 atom stereocenters. The molecule has 0 bridgehead atoms. The standard InChI is InChI=1S/C17H24N2O4S/c1-13(18-17(20)15-6-11-24(21,22)12-15)14-2-4-16(5-3-14)19-7-9-23-10-8-19/h2-5,13,15H,6-12H2,1H3,(H,18,20). The second kappa shape index (κ2) is 7.11. The highest BCUT2D eigenvalue weighted by atomic mass is 32.2. The van der Waals surface area contributed by atoms with Crippen LogP contribution in [-0.2, 0) is 19.4 Å². The second-order valence-electron chi connectivity index (χ2n) is 6.52. The molecule has 0 aliphatic carbocycles. The minimum absolute atomic E-state index is 0.0263. The summed E-state index contributed by atoms with van der Waals surface area (Å²) >= 11 is 0. The number of benzene rings is 1. The molecule has 2 unspecified atom stereocenters. The number of nitrogens with zero attached hydrogens (tertiary/aromatic N) is 1. The van der Waals surface area contributed by atoms with Crippen LogP contribution in [0, 0.1) is 5.92 Å². The Labute approximate surface area is 143 Å². The van der Waals surface area contributed by atoms with Gasteiger partial charge < -0.3 is 15.0 Å². The fourth-order valence-electron chi connectivity index (χ4n) is 3.21. The topological polar surface area (TPSA) is 75.7 Å². The lowest BCUT2D eigenvalue weighted by atomic mass is 10.0. The molecule has 6 nitrogen and oxygen atoms in total. The first kappa shape index (κ1) is 17.2. The second-order valence-corrected chi connectivity index (χ2v) is 8.75. The lowest BCUT2D eigenvalue weighted by Gasteiger charge is -2.29. The van der Waals surface area contributed by atoms with Crippen molar-refractivity contribution in [3.05, 3.63) is 29.8 Å². The molecule has 1 N–H and O–H groups in total. The summed E-state index contributed by atoms with van der Waals surface area (Å²) in [6, 6.07) is 8.01. The van der Waals surface area contributed by atoms with Crippen LogP contribution in [0.1, 0.15) is 24.9 Å². The van der Waals surface area contributed by atoms with E-state index >= 15 is 0 Å². The molecule has 2 aliphatic heterocycles. The van der Waals surface area contributed by atoms with Crippen molar-refractivity contribution in [2.45, 2.75) is 19.4 Å². The third-order valence-electron chi connectivity index (χ3n) is 4.73. The Bertz CT molecular complexity index is 681. The number of hydrogen-bond donors (Lipinski definition) is 1. The van der Waals surface area contributed by atoms with Gasteiger partial charge in [-0.2, -0.15) is 0 Å². The van der Waals surface area contributed by atoms with Gasteiger partial charge >= 0.3 is 0 Å². The Morgan fingerprint density at radius 2 is 1.92 bits per heavy atom. The Morgan fingerprint density at radius 3 is 2.50 bits per heavy atom. The average Bonchev–Trinajstić information content (AvgIpc) is 2.96. The molecule has 2 heterocycles. The molecule has 2 aliphatic rings. The number of hydrogen-bond acceptors (Lipinski definition) is 5. The van der Waals surface area contributed by atoms with Crippen LogP contribution < -0.4 is 10.2 Å². The molecule has 0 spiro atoms. The van der Waals surface area contributed by atoms with Gasteiger partial charge in [-0.05, 0) is 31.0 Å². The Kier molecular flexibility index (Phi) is 5.10. The number of morpholine rings is 1. The highest BCUT2D eigenvalue weighted by Crippen LogP contribution is 2.22. The van der Waals surface area contributed by atoms with E-state index in [1.165, 1.54) is 0 Å². The maximum absolute atomic E-state index is 12.2. The summed E-state index contributed by atoms with van der Waals surface area (Å²) in [6.45, 7) is 5.20. The van der Waals surface area contributed by atoms with E-state index in [4.69, 9.17) is 4.74 Å². The zero-order chi connectivity index (χ0) is 17.2. The molecule has 1 aromatic carbocycles. The summed E-state index contributed by atoms with van der Waals surface area (Å²) in [5.41, 5.74) is 2.17. The van der Waals surface area contributed by atoms with E-state index in [0.717, 1.165) is 37.6 Å². The zero-order valence-corrected chi connectivity index (χ0v) is 14.7. The van der Waals surface area contributed by atoms with Crippen LogP contribution in [0.25, 0.3) is 0 Å². The van der Waals surface area contributed by atoms with E-state index in [0.29, 0.717) is 6.42 Å². The van der Waals surface area contributed by atoms with Gasteiger partial charge in [0.2, 0.25) is 5.91 Å². The number of nitrogens with one attached hydrogen (secondary N) is 1. The molecule has 1 aromatic rings. The molecule has 132 valence electrons. The summed E-state index contributed by atoms with van der Waals surface area (Å²) in [5.74, 6) is -0.485. The number of sulfone groups is 1. The van der Waals surface area contributed by atoms with Gasteiger partial charge in [-0.15, -0.1) is 0 Å². The van der Waals surface area contributed by atoms with Crippen molar-refractivity contribution in [2.24, 2.45) is 5.92 Å². The fraction of sp³-hybridized carbons (Fsp3) is 0.588. The highest BCUT2D eigenvalue weighted by Gasteiger charge is 2.33. The molecular formula is C17H24N2O4S. The molecule has 0 saturated carbocycles. The van der Waals surface area contributed by atoms with Crippen LogP contribution in [0.4, 0.5) is 5.69 Å². The number of rotatable bonds is 4. The van der Waals surface area contributed by atoms with Crippen molar-refractivity contribution in [2.75, 3.05) is 42.7 Å². The molecule has 3 rings (SSSR count). The first-order chi connectivity index (χ1) is 11.4. The van der Waals surface area contributed by atoms with Crippen molar-refractivity contribution in [1.82, 2.24) is 5.32 Å². The van der Waals surface area contributed by atoms with Gasteiger partial charge in [0, 0.05) is 18.8 Å². The van der Waals surface area contributed by atoms with E-state index in [1.54, 1.807) is 0 Å². The quantitative estimate of drug-likeness (QED) is 0.879. The number of carbonyl (C=O) groups is 1. The molecular weight excluding hydrogens is 328 g/mol. The Balaban J connectivity index is 1.58. The van der Waals surface area contributed by atoms with E-state index in [-0.39, 0.29) is 23.5 Å². The number of ether oxygens (including phenoxy) is 1. The van der Waals surface area contributed by atoms with E-state index in [2.05, 4.69) is 22.3 Å². The maximum Gasteiger partial charge on any atom is 0.224 e. The SMILES string of the molecule is CC(NC(=O)C1CCS(=O)(=O)C1)c1ccc(N2CCOCC2)cc1. The van der Waals surface area contributed by atoms with E-state index in [9.17, 15) is 13.2 Å². The minimum atomic E-state index is -3.04. The van der Waals surface area contributed by atoms with Crippen molar-refractivity contribution in [3.63, 3.8) is 0 Å². The average molecular weight is 352 g/mol. The van der Waals surface area contributed by atoms with Gasteiger partial charge in [-0.1, -0.05) is 12.1 Å². The molecule has 2 fully saturated rings. The summed E-state index contributed by atoms with van der Waals surface area (Å²) in [6.07, 6.45) is 0.427. The number of anilines is 1. The number of amides is 1. The van der Waals surface area contributed by atoms with Gasteiger partial charge in [0.05, 0.1) is 36.7 Å². The molecule has 1 amide bonds. The zero-order valence-electron chi connectivity index (χ0n) is 13.9. The van der Waals surface area contributed by atoms with Crippen LogP contribution in [0.3, 0.4) is 0 Å². The van der Waals surface area contributed by atoms with E-state index in [1.807, 2.05) is 19.1 Å². The Morgan fingerprint density at radius 1 is 1.25 bits per heavy atom. The summed E-state index contributed by atoms with van der Waals surface area (Å²) < 4.78 is 28.3. The van der Waals surface area contributed by atoms with Gasteiger partial charge in [0.25, 0.3) is 0 Å². The third kappa shape index (κ3) is 4.08. The van der Waals surface area contributed by atoms with E-state index < -0.39 is 15.8 Å². The maximum atomic E-state index is 12.2. The smallest absolute Gasteiger partial charge is 0.224 e. The predicted octanol–water partition coefficient (Wildman–Crippen LogP) is 1.14. The van der Waals surface area contributed by atoms with Gasteiger partial charge in [0.1, 0.15) is 0 Å². The normalized spacial score (nSPS) is 24.5. The molecule has 0 aromatic heterocycles. The van der Waals surface area contributed by atoms with Crippen LogP contribution in [-0.4, -0.2) is 52.1 Å². The highest BCUT2D eigenvalue weighted by molar-refractivity contribution is 7.91. The van der Waals surface area contributed by atoms with Crippen molar-refractivity contribution < 1.29 is 17.9 Å². The monoisotopic (exact) mass is 352 g/mol. The molecule has 7 heteroatoms. The third-order valence-corrected chi connectivity index (χ3v) is 6.50. The predicted molar refractivity (Wildman–Crippen MR) is 92.8 cm³/mol. The first-order valence-corrected chi connectivity index (χ1v) is 10.2. The largest absolute Gasteiger partial charge is 0.378 e. The van der Waals surface area contributed by atoms with Crippen LogP contribution in [0.15, 0.2) is 24.3 Å². The van der Waals surface area contributed by atoms with Crippen LogP contribution >= 0.6 is 0 Å². The van der Waals surface area contributed by atoms with Crippen molar-refractivity contribution in [1.29, 1.82) is 0 Å². The van der Waals surface area contributed by atoms with Gasteiger partial charge in [0.15, 0.2) is 9.84 Å². The van der Waals surface area contributed by atoms with Gasteiger partial charge in [-0.25, -0.2) is 8.42 Å². The fourth-order valence-corrected chi connectivity index (χ4v) is 4.95. The van der Waals surface area contributed by atoms with Crippen LogP contribution in [0.2, 0.25) is 0 Å². The molecule has 2 saturated heterocycles. The van der Waals surface area contributed by atoms with Gasteiger partial charge in [-0.3, -0.25) is 4.79 Å². The summed E-state index contributed by atoms with van der Waals surface area (Å²) in [4.78, 5) is 14.5. The van der Waals surface area contributed by atoms with Crippen molar-refractivity contribution >= 4 is 21.4 Å². The lowest BCUT2D eigenvalue weighted by molar-refractivity contribution is -0.124. The van der Waals surface area contributed by atoms with Crippen molar-refractivity contribution in [3.8, 4) is 0 Å². The number of carbonyl (C=O) groups excluding carboxylic acids is 1. The summed E-state index contributed by atoms with van der Waals surface area (Å²) in [5, 5.41) is 2.94. The first-order valence-electron chi connectivity index (χ1n) is 8.38. The lowest BCUT2D eigenvalue weighted by Crippen LogP contribution is -2.36. The molecule has 0 radical (unpaired) electrons. The Hall–Kier alpha value is -1.60. The molecule has 24 heavy (non-hydrogen) atoms.